The van der Waals surface area contributed by atoms with Gasteiger partial charge in [-0.1, -0.05) is 0 Å². The smallest absolute Gasteiger partial charge is 0.274 e. The van der Waals surface area contributed by atoms with E-state index in [4.69, 9.17) is 10.5 Å². The van der Waals surface area contributed by atoms with Crippen molar-refractivity contribution in [3.63, 3.8) is 0 Å². The molecule has 0 aliphatic rings. The maximum atomic E-state index is 11.7. The Morgan fingerprint density at radius 2 is 2.44 bits per heavy atom. The van der Waals surface area contributed by atoms with Crippen molar-refractivity contribution >= 4 is 11.6 Å². The fourth-order valence-electron chi connectivity index (χ4n) is 1.18. The molecule has 16 heavy (non-hydrogen) atoms. The lowest BCUT2D eigenvalue weighted by atomic mass is 10.3. The summed E-state index contributed by atoms with van der Waals surface area (Å²) in [5.74, 6) is -0.270. The van der Waals surface area contributed by atoms with E-state index in [2.05, 4.69) is 10.4 Å². The summed E-state index contributed by atoms with van der Waals surface area (Å²) in [5.41, 5.74) is 6.34. The second-order valence-electron chi connectivity index (χ2n) is 3.55. The van der Waals surface area contributed by atoms with Crippen molar-refractivity contribution in [1.29, 1.82) is 0 Å². The molecule has 1 aromatic heterocycles. The molecule has 0 aromatic carbocycles. The van der Waals surface area contributed by atoms with Crippen LogP contribution in [-0.4, -0.2) is 35.4 Å². The van der Waals surface area contributed by atoms with E-state index in [9.17, 15) is 4.79 Å². The molecule has 0 saturated heterocycles. The van der Waals surface area contributed by atoms with Crippen LogP contribution < -0.4 is 11.1 Å². The van der Waals surface area contributed by atoms with Crippen LogP contribution in [0.5, 0.6) is 0 Å². The Balaban J connectivity index is 2.62. The number of hydrogen-bond donors (Lipinski definition) is 2. The van der Waals surface area contributed by atoms with Crippen LogP contribution in [0.4, 0.5) is 5.69 Å². The third kappa shape index (κ3) is 2.96. The first kappa shape index (κ1) is 12.5. The van der Waals surface area contributed by atoms with Gasteiger partial charge >= 0.3 is 0 Å². The maximum absolute atomic E-state index is 11.7. The molecule has 0 aliphatic carbocycles. The monoisotopic (exact) mass is 226 g/mol. The van der Waals surface area contributed by atoms with Gasteiger partial charge in [-0.2, -0.15) is 5.10 Å². The van der Waals surface area contributed by atoms with E-state index in [1.165, 1.54) is 0 Å². The van der Waals surface area contributed by atoms with Crippen LogP contribution in [0.25, 0.3) is 0 Å². The molecule has 1 aromatic rings. The first-order valence-corrected chi connectivity index (χ1v) is 5.22. The lowest BCUT2D eigenvalue weighted by Gasteiger charge is -2.09. The second kappa shape index (κ2) is 5.50. The summed E-state index contributed by atoms with van der Waals surface area (Å²) >= 11 is 0. The van der Waals surface area contributed by atoms with Crippen molar-refractivity contribution in [3.8, 4) is 0 Å². The molecule has 0 spiro atoms. The molecule has 0 saturated carbocycles. The van der Waals surface area contributed by atoms with Crippen molar-refractivity contribution in [2.24, 2.45) is 0 Å². The number of nitrogen functional groups attached to an aromatic ring is 1. The molecule has 6 heteroatoms. The molecule has 6 nitrogen and oxygen atoms in total. The summed E-state index contributed by atoms with van der Waals surface area (Å²) in [4.78, 5) is 11.7. The normalized spacial score (nSPS) is 12.4. The number of hydrogen-bond acceptors (Lipinski definition) is 4. The van der Waals surface area contributed by atoms with Gasteiger partial charge < -0.3 is 15.8 Å². The number of methoxy groups -OCH3 is 1. The Bertz CT molecular complexity index is 362. The highest BCUT2D eigenvalue weighted by Gasteiger charge is 2.14. The lowest BCUT2D eigenvalue weighted by molar-refractivity contribution is 0.0866. The summed E-state index contributed by atoms with van der Waals surface area (Å²) in [7, 11) is 1.59. The van der Waals surface area contributed by atoms with Crippen molar-refractivity contribution in [2.45, 2.75) is 26.5 Å². The zero-order valence-corrected chi connectivity index (χ0v) is 9.86. The molecular weight excluding hydrogens is 208 g/mol. The molecule has 0 radical (unpaired) electrons. The summed E-state index contributed by atoms with van der Waals surface area (Å²) in [6.45, 7) is 4.93. The van der Waals surface area contributed by atoms with E-state index in [0.29, 0.717) is 18.8 Å². The minimum atomic E-state index is -0.270. The molecule has 1 unspecified atom stereocenters. The van der Waals surface area contributed by atoms with Gasteiger partial charge in [-0.25, -0.2) is 0 Å². The third-order valence-corrected chi connectivity index (χ3v) is 2.28. The van der Waals surface area contributed by atoms with Gasteiger partial charge in [0.1, 0.15) is 0 Å². The minimum Gasteiger partial charge on any atom is -0.396 e. The van der Waals surface area contributed by atoms with E-state index in [1.54, 1.807) is 18.0 Å². The number of nitrogens with one attached hydrogen (secondary N) is 1. The Kier molecular flexibility index (Phi) is 4.30. The van der Waals surface area contributed by atoms with Crippen LogP contribution in [0.1, 0.15) is 24.3 Å². The quantitative estimate of drug-likeness (QED) is 0.754. The molecule has 3 N–H and O–H groups in total. The molecule has 1 amide bonds. The van der Waals surface area contributed by atoms with Gasteiger partial charge in [0, 0.05) is 26.4 Å². The Morgan fingerprint density at radius 3 is 2.94 bits per heavy atom. The number of ether oxygens (including phenoxy) is 1. The maximum Gasteiger partial charge on any atom is 0.274 e. The predicted octanol–water partition coefficient (Wildman–Crippen LogP) is 0.250. The number of carbonyl (C=O) groups excluding carboxylic acids is 1. The molecule has 1 atom stereocenters. The fraction of sp³-hybridized carbons (Fsp3) is 0.600. The average Bonchev–Trinajstić information content (AvgIpc) is 2.67. The number of rotatable bonds is 5. The summed E-state index contributed by atoms with van der Waals surface area (Å²) in [6, 6.07) is 0. The van der Waals surface area contributed by atoms with Crippen LogP contribution in [-0.2, 0) is 11.3 Å². The zero-order chi connectivity index (χ0) is 12.1. The number of nitrogens with two attached hydrogens (primary N) is 1. The lowest BCUT2D eigenvalue weighted by Crippen LogP contribution is -2.32. The van der Waals surface area contributed by atoms with E-state index in [-0.39, 0.29) is 17.7 Å². The average molecular weight is 226 g/mol. The third-order valence-electron chi connectivity index (χ3n) is 2.28. The standard InChI is InChI=1S/C10H18N4O2/c1-4-14-6-8(11)9(13-14)10(15)12-5-7(2)16-3/h6-7H,4-5,11H2,1-3H3,(H,12,15). The van der Waals surface area contributed by atoms with Crippen molar-refractivity contribution < 1.29 is 9.53 Å². The predicted molar refractivity (Wildman–Crippen MR) is 61.1 cm³/mol. The van der Waals surface area contributed by atoms with Crippen LogP contribution in [0.3, 0.4) is 0 Å². The summed E-state index contributed by atoms with van der Waals surface area (Å²) in [5, 5.41) is 6.78. The van der Waals surface area contributed by atoms with Crippen molar-refractivity contribution in [2.75, 3.05) is 19.4 Å². The number of anilines is 1. The molecule has 1 rings (SSSR count). The van der Waals surface area contributed by atoms with Crippen LogP contribution >= 0.6 is 0 Å². The van der Waals surface area contributed by atoms with E-state index in [1.807, 2.05) is 13.8 Å². The highest BCUT2D eigenvalue weighted by atomic mass is 16.5. The molecule has 1 heterocycles. The fourth-order valence-corrected chi connectivity index (χ4v) is 1.18. The van der Waals surface area contributed by atoms with Gasteiger partial charge in [0.2, 0.25) is 0 Å². The largest absolute Gasteiger partial charge is 0.396 e. The molecular formula is C10H18N4O2. The summed E-state index contributed by atoms with van der Waals surface area (Å²) < 4.78 is 6.65. The van der Waals surface area contributed by atoms with Crippen molar-refractivity contribution in [1.82, 2.24) is 15.1 Å². The van der Waals surface area contributed by atoms with E-state index in [0.717, 1.165) is 0 Å². The number of aromatic nitrogens is 2. The summed E-state index contributed by atoms with van der Waals surface area (Å²) in [6.07, 6.45) is 1.62. The molecule has 0 bridgehead atoms. The van der Waals surface area contributed by atoms with Gasteiger partial charge in [-0.05, 0) is 13.8 Å². The first-order valence-electron chi connectivity index (χ1n) is 5.22. The van der Waals surface area contributed by atoms with Gasteiger partial charge in [0.05, 0.1) is 11.8 Å². The Hall–Kier alpha value is -1.56. The van der Waals surface area contributed by atoms with Crippen LogP contribution in [0, 0.1) is 0 Å². The number of amides is 1. The van der Waals surface area contributed by atoms with Crippen LogP contribution in [0.15, 0.2) is 6.20 Å². The van der Waals surface area contributed by atoms with Gasteiger partial charge in [0.25, 0.3) is 5.91 Å². The van der Waals surface area contributed by atoms with Gasteiger partial charge in [-0.3, -0.25) is 9.48 Å². The molecule has 90 valence electrons. The first-order chi connectivity index (χ1) is 7.58. The molecule has 0 fully saturated rings. The highest BCUT2D eigenvalue weighted by molar-refractivity contribution is 5.96. The second-order valence-corrected chi connectivity index (χ2v) is 3.55. The van der Waals surface area contributed by atoms with E-state index >= 15 is 0 Å². The van der Waals surface area contributed by atoms with Gasteiger partial charge in [0.15, 0.2) is 5.69 Å². The Morgan fingerprint density at radius 1 is 1.75 bits per heavy atom. The van der Waals surface area contributed by atoms with Gasteiger partial charge in [-0.15, -0.1) is 0 Å². The molecule has 0 aliphatic heterocycles. The number of aryl methyl sites for hydroxylation is 1. The SMILES string of the molecule is CCn1cc(N)c(C(=O)NCC(C)OC)n1. The Labute approximate surface area is 94.8 Å². The number of nitrogens with zero attached hydrogens (tertiary/aromatic N) is 2. The topological polar surface area (TPSA) is 82.2 Å². The van der Waals surface area contributed by atoms with Crippen molar-refractivity contribution in [3.05, 3.63) is 11.9 Å². The van der Waals surface area contributed by atoms with E-state index < -0.39 is 0 Å². The zero-order valence-electron chi connectivity index (χ0n) is 9.86. The minimum absolute atomic E-state index is 0.0292. The van der Waals surface area contributed by atoms with Crippen LogP contribution in [0.2, 0.25) is 0 Å². The highest BCUT2D eigenvalue weighted by Crippen LogP contribution is 2.08. The number of carbonyl (C=O) groups is 1.